The van der Waals surface area contributed by atoms with Crippen LogP contribution in [-0.2, 0) is 4.79 Å². The Morgan fingerprint density at radius 2 is 1.76 bits per heavy atom. The highest BCUT2D eigenvalue weighted by atomic mass is 19.4. The van der Waals surface area contributed by atoms with E-state index in [9.17, 15) is 18.0 Å². The van der Waals surface area contributed by atoms with Crippen LogP contribution in [0.2, 0.25) is 0 Å². The van der Waals surface area contributed by atoms with Crippen LogP contribution in [-0.4, -0.2) is 28.1 Å². The minimum absolute atomic E-state index is 0.0780. The molecule has 1 amide bonds. The quantitative estimate of drug-likeness (QED) is 0.689. The normalized spacial score (nSPS) is 12.4. The molecule has 0 unspecified atom stereocenters. The summed E-state index contributed by atoms with van der Waals surface area (Å²) in [6.45, 7) is 1.56. The number of carbonyl (C=O) groups is 1. The lowest BCUT2D eigenvalue weighted by atomic mass is 10.2. The SMILES string of the molecule is Cc1ccccc1NC(=O)C(O)(O)C(F)(F)F. The number of nitrogens with one attached hydrogen (secondary N) is 1. The number of anilines is 1. The number of hydrogen-bond donors (Lipinski definition) is 3. The van der Waals surface area contributed by atoms with Gasteiger partial charge in [0, 0.05) is 5.69 Å². The number of hydrogen-bond acceptors (Lipinski definition) is 3. The molecule has 17 heavy (non-hydrogen) atoms. The van der Waals surface area contributed by atoms with E-state index < -0.39 is 17.9 Å². The summed E-state index contributed by atoms with van der Waals surface area (Å²) >= 11 is 0. The van der Waals surface area contributed by atoms with Crippen LogP contribution in [0.3, 0.4) is 0 Å². The van der Waals surface area contributed by atoms with Gasteiger partial charge in [0.1, 0.15) is 0 Å². The maximum Gasteiger partial charge on any atom is 0.453 e. The van der Waals surface area contributed by atoms with Crippen molar-refractivity contribution in [3.63, 3.8) is 0 Å². The number of aliphatic hydroxyl groups is 2. The molecule has 1 aromatic carbocycles. The van der Waals surface area contributed by atoms with Gasteiger partial charge in [0.2, 0.25) is 0 Å². The van der Waals surface area contributed by atoms with E-state index in [0.29, 0.717) is 5.56 Å². The minimum Gasteiger partial charge on any atom is -0.351 e. The number of rotatable bonds is 2. The first-order valence-electron chi connectivity index (χ1n) is 4.55. The molecule has 0 aliphatic rings. The lowest BCUT2D eigenvalue weighted by molar-refractivity contribution is -0.326. The third kappa shape index (κ3) is 2.75. The smallest absolute Gasteiger partial charge is 0.351 e. The zero-order chi connectivity index (χ0) is 13.3. The van der Waals surface area contributed by atoms with E-state index >= 15 is 0 Å². The molecule has 0 aliphatic heterocycles. The van der Waals surface area contributed by atoms with Crippen LogP contribution in [0, 0.1) is 6.92 Å². The Morgan fingerprint density at radius 3 is 2.24 bits per heavy atom. The standard InChI is InChI=1S/C10H10F3NO3/c1-6-4-2-3-5-7(6)14-8(15)9(16,17)10(11,12)13/h2-5,16-17H,1H3,(H,14,15). The van der Waals surface area contributed by atoms with Crippen LogP contribution in [0.15, 0.2) is 24.3 Å². The average Bonchev–Trinajstić information content (AvgIpc) is 2.19. The third-order valence-corrected chi connectivity index (χ3v) is 2.11. The molecule has 94 valence electrons. The number of amides is 1. The Morgan fingerprint density at radius 1 is 1.24 bits per heavy atom. The summed E-state index contributed by atoms with van der Waals surface area (Å²) in [6.07, 6.45) is -5.46. The molecule has 4 nitrogen and oxygen atoms in total. The van der Waals surface area contributed by atoms with Crippen molar-refractivity contribution in [2.75, 3.05) is 5.32 Å². The molecule has 0 spiro atoms. The molecule has 0 bridgehead atoms. The van der Waals surface area contributed by atoms with Crippen molar-refractivity contribution < 1.29 is 28.2 Å². The third-order valence-electron chi connectivity index (χ3n) is 2.11. The summed E-state index contributed by atoms with van der Waals surface area (Å²) in [6, 6.07) is 6.02. The molecule has 1 rings (SSSR count). The summed E-state index contributed by atoms with van der Waals surface area (Å²) in [5, 5.41) is 19.2. The van der Waals surface area contributed by atoms with Gasteiger partial charge < -0.3 is 15.5 Å². The number of aryl methyl sites for hydroxylation is 1. The lowest BCUT2D eigenvalue weighted by Crippen LogP contribution is -2.54. The van der Waals surface area contributed by atoms with Crippen molar-refractivity contribution >= 4 is 11.6 Å². The van der Waals surface area contributed by atoms with Crippen LogP contribution in [0.25, 0.3) is 0 Å². The molecule has 0 aliphatic carbocycles. The van der Waals surface area contributed by atoms with Crippen molar-refractivity contribution in [3.05, 3.63) is 29.8 Å². The Kier molecular flexibility index (Phi) is 3.44. The Labute approximate surface area is 94.7 Å². The van der Waals surface area contributed by atoms with Crippen LogP contribution < -0.4 is 5.32 Å². The largest absolute Gasteiger partial charge is 0.453 e. The van der Waals surface area contributed by atoms with Crippen molar-refractivity contribution in [1.29, 1.82) is 0 Å². The molecule has 0 atom stereocenters. The highest BCUT2D eigenvalue weighted by Gasteiger charge is 2.59. The van der Waals surface area contributed by atoms with E-state index in [0.717, 1.165) is 0 Å². The fourth-order valence-electron chi connectivity index (χ4n) is 1.05. The van der Waals surface area contributed by atoms with E-state index in [2.05, 4.69) is 0 Å². The Balaban J connectivity index is 2.91. The monoisotopic (exact) mass is 249 g/mol. The van der Waals surface area contributed by atoms with Gasteiger partial charge in [-0.2, -0.15) is 13.2 Å². The summed E-state index contributed by atoms with van der Waals surface area (Å²) in [4.78, 5) is 11.1. The topological polar surface area (TPSA) is 69.6 Å². The van der Waals surface area contributed by atoms with Gasteiger partial charge in [-0.25, -0.2) is 0 Å². The van der Waals surface area contributed by atoms with E-state index in [4.69, 9.17) is 10.2 Å². The van der Waals surface area contributed by atoms with Crippen LogP contribution >= 0.6 is 0 Å². The highest BCUT2D eigenvalue weighted by Crippen LogP contribution is 2.29. The van der Waals surface area contributed by atoms with E-state index in [1.54, 1.807) is 24.4 Å². The molecule has 1 aromatic rings. The van der Waals surface area contributed by atoms with Gasteiger partial charge >= 0.3 is 12.0 Å². The first-order chi connectivity index (χ1) is 7.66. The molecule has 0 radical (unpaired) electrons. The second-order valence-corrected chi connectivity index (χ2v) is 3.44. The average molecular weight is 249 g/mol. The molecule has 7 heteroatoms. The van der Waals surface area contributed by atoms with Gasteiger partial charge in [-0.15, -0.1) is 0 Å². The summed E-state index contributed by atoms with van der Waals surface area (Å²) in [7, 11) is 0. The van der Waals surface area contributed by atoms with Gasteiger partial charge in [0.25, 0.3) is 5.91 Å². The maximum atomic E-state index is 12.1. The summed E-state index contributed by atoms with van der Waals surface area (Å²) in [5.74, 6) is -6.35. The predicted octanol–water partition coefficient (Wildman–Crippen LogP) is 1.18. The van der Waals surface area contributed by atoms with Gasteiger partial charge in [0.15, 0.2) is 0 Å². The molecular weight excluding hydrogens is 239 g/mol. The highest BCUT2D eigenvalue weighted by molar-refractivity contribution is 5.97. The van der Waals surface area contributed by atoms with Crippen molar-refractivity contribution in [2.24, 2.45) is 0 Å². The lowest BCUT2D eigenvalue weighted by Gasteiger charge is -2.23. The molecule has 0 saturated heterocycles. The zero-order valence-corrected chi connectivity index (χ0v) is 8.75. The van der Waals surface area contributed by atoms with Gasteiger partial charge in [-0.3, -0.25) is 4.79 Å². The Bertz CT molecular complexity index is 429. The Hall–Kier alpha value is -1.60. The number of alkyl halides is 3. The predicted molar refractivity (Wildman–Crippen MR) is 53.0 cm³/mol. The molecule has 0 aromatic heterocycles. The summed E-state index contributed by atoms with van der Waals surface area (Å²) in [5.41, 5.74) is 0.577. The van der Waals surface area contributed by atoms with Gasteiger partial charge in [-0.05, 0) is 18.6 Å². The first kappa shape index (κ1) is 13.5. The first-order valence-corrected chi connectivity index (χ1v) is 4.55. The second kappa shape index (κ2) is 4.34. The van der Waals surface area contributed by atoms with Gasteiger partial charge in [0.05, 0.1) is 0 Å². The summed E-state index contributed by atoms with van der Waals surface area (Å²) < 4.78 is 36.4. The maximum absolute atomic E-state index is 12.1. The second-order valence-electron chi connectivity index (χ2n) is 3.44. The van der Waals surface area contributed by atoms with Crippen LogP contribution in [0.5, 0.6) is 0 Å². The van der Waals surface area contributed by atoms with Crippen LogP contribution in [0.1, 0.15) is 5.56 Å². The molecule has 0 saturated carbocycles. The molecule has 0 heterocycles. The van der Waals surface area contributed by atoms with Crippen molar-refractivity contribution in [1.82, 2.24) is 0 Å². The zero-order valence-electron chi connectivity index (χ0n) is 8.75. The van der Waals surface area contributed by atoms with Crippen LogP contribution in [0.4, 0.5) is 18.9 Å². The van der Waals surface area contributed by atoms with Crippen molar-refractivity contribution in [3.8, 4) is 0 Å². The fourth-order valence-corrected chi connectivity index (χ4v) is 1.05. The van der Waals surface area contributed by atoms with E-state index in [1.807, 2.05) is 0 Å². The van der Waals surface area contributed by atoms with Crippen molar-refractivity contribution in [2.45, 2.75) is 18.9 Å². The van der Waals surface area contributed by atoms with E-state index in [-0.39, 0.29) is 5.69 Å². The number of benzene rings is 1. The number of para-hydroxylation sites is 1. The number of carbonyl (C=O) groups excluding carboxylic acids is 1. The molecule has 0 fully saturated rings. The van der Waals surface area contributed by atoms with Gasteiger partial charge in [-0.1, -0.05) is 18.2 Å². The fraction of sp³-hybridized carbons (Fsp3) is 0.300. The minimum atomic E-state index is -5.46. The number of halogens is 3. The molecular formula is C10H10F3NO3. The van der Waals surface area contributed by atoms with E-state index in [1.165, 1.54) is 12.1 Å². The molecule has 3 N–H and O–H groups in total.